The Bertz CT molecular complexity index is 815. The van der Waals surface area contributed by atoms with Gasteiger partial charge in [-0.05, 0) is 12.1 Å². The summed E-state index contributed by atoms with van der Waals surface area (Å²) in [5.41, 5.74) is 0.709. The third kappa shape index (κ3) is 2.86. The van der Waals surface area contributed by atoms with Crippen LogP contribution < -0.4 is 15.5 Å². The zero-order valence-corrected chi connectivity index (χ0v) is 12.6. The number of carbonyl (C=O) groups is 2. The first-order valence-corrected chi connectivity index (χ1v) is 7.15. The largest absolute Gasteiger partial charge is 0.408 e. The number of rotatable bonds is 3. The number of alkyl halides is 3. The summed E-state index contributed by atoms with van der Waals surface area (Å²) in [6.07, 6.45) is -4.40. The van der Waals surface area contributed by atoms with Gasteiger partial charge in [-0.25, -0.2) is 4.79 Å². The summed E-state index contributed by atoms with van der Waals surface area (Å²) in [5.74, 6) is -0.331. The molecular formula is C14H14F3N5O2. The number of aromatic nitrogens is 2. The molecule has 0 saturated carbocycles. The number of nitrogens with one attached hydrogen (secondary N) is 2. The topological polar surface area (TPSA) is 79.3 Å². The summed E-state index contributed by atoms with van der Waals surface area (Å²) in [6, 6.07) is 4.18. The molecular weight excluding hydrogens is 327 g/mol. The van der Waals surface area contributed by atoms with E-state index in [4.69, 9.17) is 0 Å². The minimum atomic E-state index is -4.46. The molecule has 0 unspecified atom stereocenters. The molecule has 0 bridgehead atoms. The fraction of sp³-hybridized carbons (Fsp3) is 0.357. The molecule has 128 valence electrons. The standard InChI is InChI=1S/C14H14F3N5O2/c1-18-9-4-2-3-8-11(9)22(7-14(15,16)17)20-12(8)21-6-5-10(23)19-13(21)24/h2-4,18H,5-7H2,1H3,(H,19,23,24). The molecule has 1 aromatic carbocycles. The Kier molecular flexibility index (Phi) is 3.82. The minimum Gasteiger partial charge on any atom is -0.386 e. The highest BCUT2D eigenvalue weighted by Crippen LogP contribution is 2.33. The lowest BCUT2D eigenvalue weighted by Crippen LogP contribution is -2.49. The number of hydrogen-bond acceptors (Lipinski definition) is 4. The van der Waals surface area contributed by atoms with Crippen LogP contribution in [-0.4, -0.2) is 41.5 Å². The molecule has 7 nitrogen and oxygen atoms in total. The maximum absolute atomic E-state index is 12.9. The van der Waals surface area contributed by atoms with Crippen molar-refractivity contribution in [2.45, 2.75) is 19.1 Å². The Labute approximate surface area is 134 Å². The quantitative estimate of drug-likeness (QED) is 0.896. The van der Waals surface area contributed by atoms with Crippen molar-refractivity contribution in [3.8, 4) is 0 Å². The molecule has 1 aromatic heterocycles. The number of hydrogen-bond donors (Lipinski definition) is 2. The first-order valence-electron chi connectivity index (χ1n) is 7.15. The van der Waals surface area contributed by atoms with Crippen LogP contribution in [0.4, 0.5) is 29.5 Å². The van der Waals surface area contributed by atoms with Crippen LogP contribution in [0.5, 0.6) is 0 Å². The molecule has 1 aliphatic rings. The van der Waals surface area contributed by atoms with Gasteiger partial charge in [-0.3, -0.25) is 19.7 Å². The van der Waals surface area contributed by atoms with Gasteiger partial charge >= 0.3 is 12.2 Å². The third-order valence-corrected chi connectivity index (χ3v) is 3.66. The molecule has 3 rings (SSSR count). The van der Waals surface area contributed by atoms with Gasteiger partial charge in [-0.15, -0.1) is 0 Å². The third-order valence-electron chi connectivity index (χ3n) is 3.66. The average Bonchev–Trinajstić information content (AvgIpc) is 2.84. The zero-order chi connectivity index (χ0) is 17.5. The number of nitrogens with zero attached hydrogens (tertiary/aromatic N) is 3. The molecule has 2 N–H and O–H groups in total. The smallest absolute Gasteiger partial charge is 0.386 e. The maximum Gasteiger partial charge on any atom is 0.408 e. The number of carbonyl (C=O) groups excluding carboxylic acids is 2. The van der Waals surface area contributed by atoms with E-state index in [1.807, 2.05) is 0 Å². The molecule has 1 aliphatic heterocycles. The normalized spacial score (nSPS) is 15.8. The lowest BCUT2D eigenvalue weighted by Gasteiger charge is -2.24. The number of urea groups is 1. The number of halogens is 3. The second kappa shape index (κ2) is 5.69. The molecule has 10 heteroatoms. The number of para-hydroxylation sites is 1. The van der Waals surface area contributed by atoms with Gasteiger partial charge in [0.2, 0.25) is 5.91 Å². The van der Waals surface area contributed by atoms with Crippen LogP contribution in [0, 0.1) is 0 Å². The molecule has 3 amide bonds. The van der Waals surface area contributed by atoms with Crippen molar-refractivity contribution in [1.29, 1.82) is 0 Å². The van der Waals surface area contributed by atoms with E-state index in [1.54, 1.807) is 25.2 Å². The summed E-state index contributed by atoms with van der Waals surface area (Å²) in [4.78, 5) is 24.4. The predicted molar refractivity (Wildman–Crippen MR) is 80.8 cm³/mol. The lowest BCUT2D eigenvalue weighted by molar-refractivity contribution is -0.141. The number of benzene rings is 1. The van der Waals surface area contributed by atoms with Crippen molar-refractivity contribution < 1.29 is 22.8 Å². The van der Waals surface area contributed by atoms with Crippen LogP contribution in [0.25, 0.3) is 10.9 Å². The van der Waals surface area contributed by atoms with Crippen LogP contribution in [0.3, 0.4) is 0 Å². The van der Waals surface area contributed by atoms with Gasteiger partial charge in [0, 0.05) is 25.4 Å². The number of amides is 3. The van der Waals surface area contributed by atoms with Gasteiger partial charge < -0.3 is 5.32 Å². The van der Waals surface area contributed by atoms with Crippen molar-refractivity contribution in [2.75, 3.05) is 23.8 Å². The van der Waals surface area contributed by atoms with Gasteiger partial charge in [-0.2, -0.15) is 18.3 Å². The van der Waals surface area contributed by atoms with Crippen LogP contribution in [-0.2, 0) is 11.3 Å². The van der Waals surface area contributed by atoms with Crippen molar-refractivity contribution in [3.05, 3.63) is 18.2 Å². The molecule has 2 heterocycles. The second-order valence-electron chi connectivity index (χ2n) is 5.30. The molecule has 0 aliphatic carbocycles. The fourth-order valence-corrected chi connectivity index (χ4v) is 2.67. The van der Waals surface area contributed by atoms with Crippen molar-refractivity contribution >= 4 is 34.3 Å². The summed E-state index contributed by atoms with van der Waals surface area (Å²) in [5, 5.41) is 9.36. The van der Waals surface area contributed by atoms with Gasteiger partial charge in [-0.1, -0.05) is 6.07 Å². The first-order chi connectivity index (χ1) is 11.3. The van der Waals surface area contributed by atoms with E-state index in [2.05, 4.69) is 15.7 Å². The van der Waals surface area contributed by atoms with Crippen molar-refractivity contribution in [3.63, 3.8) is 0 Å². The number of anilines is 2. The zero-order valence-electron chi connectivity index (χ0n) is 12.6. The predicted octanol–water partition coefficient (Wildman–Crippen LogP) is 2.09. The Balaban J connectivity index is 2.15. The van der Waals surface area contributed by atoms with Crippen LogP contribution in [0.15, 0.2) is 18.2 Å². The molecule has 1 fully saturated rings. The Hall–Kier alpha value is -2.78. The molecule has 0 atom stereocenters. The average molecular weight is 341 g/mol. The highest BCUT2D eigenvalue weighted by molar-refractivity contribution is 6.10. The van der Waals surface area contributed by atoms with Gasteiger partial charge in [0.25, 0.3) is 0 Å². The SMILES string of the molecule is CNc1cccc2c(N3CCC(=O)NC3=O)nn(CC(F)(F)F)c12. The Morgan fingerprint density at radius 3 is 2.71 bits per heavy atom. The highest BCUT2D eigenvalue weighted by Gasteiger charge is 2.33. The van der Waals surface area contributed by atoms with Crippen LogP contribution in [0.1, 0.15) is 6.42 Å². The summed E-state index contributed by atoms with van der Waals surface area (Å²) in [7, 11) is 1.59. The van der Waals surface area contributed by atoms with Crippen molar-refractivity contribution in [2.24, 2.45) is 0 Å². The van der Waals surface area contributed by atoms with E-state index in [0.29, 0.717) is 11.1 Å². The van der Waals surface area contributed by atoms with E-state index in [1.165, 1.54) is 4.90 Å². The molecule has 0 radical (unpaired) electrons. The maximum atomic E-state index is 12.9. The van der Waals surface area contributed by atoms with Gasteiger partial charge in [0.15, 0.2) is 5.82 Å². The van der Waals surface area contributed by atoms with E-state index in [0.717, 1.165) is 4.68 Å². The van der Waals surface area contributed by atoms with Crippen molar-refractivity contribution in [1.82, 2.24) is 15.1 Å². The number of imide groups is 1. The Morgan fingerprint density at radius 2 is 2.08 bits per heavy atom. The van der Waals surface area contributed by atoms with E-state index in [9.17, 15) is 22.8 Å². The van der Waals surface area contributed by atoms with Crippen LogP contribution >= 0.6 is 0 Å². The summed E-state index contributed by atoms with van der Waals surface area (Å²) >= 11 is 0. The fourth-order valence-electron chi connectivity index (χ4n) is 2.67. The van der Waals surface area contributed by atoms with E-state index < -0.39 is 24.7 Å². The second-order valence-corrected chi connectivity index (χ2v) is 5.30. The number of fused-ring (bicyclic) bond motifs is 1. The van der Waals surface area contributed by atoms with E-state index >= 15 is 0 Å². The monoisotopic (exact) mass is 341 g/mol. The minimum absolute atomic E-state index is 0.0606. The van der Waals surface area contributed by atoms with E-state index in [-0.39, 0.29) is 24.3 Å². The molecule has 2 aromatic rings. The molecule has 0 spiro atoms. The van der Waals surface area contributed by atoms with Gasteiger partial charge in [0.1, 0.15) is 6.54 Å². The van der Waals surface area contributed by atoms with Crippen LogP contribution in [0.2, 0.25) is 0 Å². The molecule has 24 heavy (non-hydrogen) atoms. The van der Waals surface area contributed by atoms with Gasteiger partial charge in [0.05, 0.1) is 11.2 Å². The first kappa shape index (κ1) is 16.1. The highest BCUT2D eigenvalue weighted by atomic mass is 19.4. The summed E-state index contributed by atoms with van der Waals surface area (Å²) < 4.78 is 39.4. The summed E-state index contributed by atoms with van der Waals surface area (Å²) in [6.45, 7) is -1.22. The molecule has 1 saturated heterocycles. The lowest BCUT2D eigenvalue weighted by atomic mass is 10.2. The Morgan fingerprint density at radius 1 is 1.33 bits per heavy atom.